The number of hydrogen-bond donors (Lipinski definition) is 8. The van der Waals surface area contributed by atoms with Crippen LogP contribution in [-0.4, -0.2) is 119 Å². The first kappa shape index (κ1) is 29.9. The van der Waals surface area contributed by atoms with Gasteiger partial charge < -0.3 is 51.6 Å². The maximum atomic E-state index is 10.8. The summed E-state index contributed by atoms with van der Waals surface area (Å²) in [4.78, 5) is 23.9. The zero-order valence-corrected chi connectivity index (χ0v) is 22.3. The number of ether oxygens (including phenoxy) is 2. The molecular formula is C25H28N10O8. The lowest BCUT2D eigenvalue weighted by molar-refractivity contribution is -0.0771. The molecule has 2 aliphatic heterocycles. The van der Waals surface area contributed by atoms with Gasteiger partial charge in [0.05, 0.1) is 25.9 Å². The Labute approximate surface area is 242 Å². The number of hydrogen-bond acceptors (Lipinski definition) is 16. The highest BCUT2D eigenvalue weighted by Gasteiger charge is 2.56. The second-order valence-electron chi connectivity index (χ2n) is 9.68. The van der Waals surface area contributed by atoms with Gasteiger partial charge in [0.1, 0.15) is 48.1 Å². The first-order valence-electron chi connectivity index (χ1n) is 12.6. The van der Waals surface area contributed by atoms with Crippen molar-refractivity contribution in [1.82, 2.24) is 39.0 Å². The predicted octanol–water partition coefficient (Wildman–Crippen LogP) is -3.25. The van der Waals surface area contributed by atoms with Gasteiger partial charge in [0, 0.05) is 0 Å². The number of aromatic nitrogens is 8. The minimum atomic E-state index is -2.03. The molecule has 2 fully saturated rings. The average Bonchev–Trinajstić information content (AvgIpc) is 3.74. The molecule has 4 aromatic rings. The number of anilines is 2. The summed E-state index contributed by atoms with van der Waals surface area (Å²) in [6, 6.07) is 0. The summed E-state index contributed by atoms with van der Waals surface area (Å²) >= 11 is 0. The molecule has 0 bridgehead atoms. The molecule has 4 aromatic heterocycles. The van der Waals surface area contributed by atoms with Gasteiger partial charge in [0.15, 0.2) is 46.6 Å². The van der Waals surface area contributed by atoms with Crippen molar-refractivity contribution in [2.24, 2.45) is 0 Å². The van der Waals surface area contributed by atoms with E-state index >= 15 is 0 Å². The van der Waals surface area contributed by atoms with Gasteiger partial charge in [0.25, 0.3) is 0 Å². The van der Waals surface area contributed by atoms with Crippen LogP contribution in [0.25, 0.3) is 22.3 Å². The standard InChI is InChI=1S/C13H15N5O4.C12H13N5O4/c1-2-3-13(21)9(20)7(4-19)22-12(13)18-6-17-8-10(14)15-5-16-11(8)18;1-2-12(20)8(19)6(3-18)21-11(12)17-5-16-7-9(13)14-4-15-10(7)17/h3,5-7,9,12,19-21H,1,4H2,(H2,14,15,16);1,4-6,8,11,18-20H,3H2,(H2,13,14,15)/t7-,9-,12-,13-;6-,8-,11-,12-/m11/s1. The molecule has 18 heteroatoms. The quantitative estimate of drug-likeness (QED) is 0.0829. The van der Waals surface area contributed by atoms with Crippen molar-refractivity contribution in [3.05, 3.63) is 43.7 Å². The van der Waals surface area contributed by atoms with Crippen molar-refractivity contribution in [3.63, 3.8) is 0 Å². The topological polar surface area (TPSA) is 279 Å². The minimum absolute atomic E-state index is 0.167. The van der Waals surface area contributed by atoms with Gasteiger partial charge in [0.2, 0.25) is 0 Å². The zero-order chi connectivity index (χ0) is 31.1. The minimum Gasteiger partial charge on any atom is -0.394 e. The van der Waals surface area contributed by atoms with Gasteiger partial charge in [-0.2, -0.15) is 0 Å². The van der Waals surface area contributed by atoms with Gasteiger partial charge in [-0.05, 0) is 6.08 Å². The van der Waals surface area contributed by atoms with E-state index in [1.807, 2.05) is 0 Å². The predicted molar refractivity (Wildman–Crippen MR) is 146 cm³/mol. The Hall–Kier alpha value is -4.54. The summed E-state index contributed by atoms with van der Waals surface area (Å²) in [6.07, 6.45) is 4.67. The van der Waals surface area contributed by atoms with Crippen LogP contribution in [0.15, 0.2) is 43.7 Å². The molecule has 2 aliphatic rings. The van der Waals surface area contributed by atoms with Crippen molar-refractivity contribution >= 4 is 34.0 Å². The van der Waals surface area contributed by atoms with Crippen LogP contribution < -0.4 is 11.5 Å². The van der Waals surface area contributed by atoms with Crippen molar-refractivity contribution in [1.29, 1.82) is 0 Å². The normalized spacial score (nSPS) is 31.8. The molecule has 2 saturated heterocycles. The number of fused-ring (bicyclic) bond motifs is 2. The fourth-order valence-electron chi connectivity index (χ4n) is 4.98. The first-order valence-corrected chi connectivity index (χ1v) is 12.6. The molecule has 43 heavy (non-hydrogen) atoms. The highest BCUT2D eigenvalue weighted by Crippen LogP contribution is 2.41. The van der Waals surface area contributed by atoms with Crippen molar-refractivity contribution in [3.8, 4) is 12.3 Å². The van der Waals surface area contributed by atoms with Gasteiger partial charge in [-0.3, -0.25) is 9.13 Å². The summed E-state index contributed by atoms with van der Waals surface area (Å²) < 4.78 is 13.8. The number of imidazole rings is 2. The van der Waals surface area contributed by atoms with E-state index in [1.54, 1.807) is 0 Å². The zero-order valence-electron chi connectivity index (χ0n) is 22.3. The number of aliphatic hydroxyl groups is 6. The van der Waals surface area contributed by atoms with E-state index in [0.717, 1.165) is 0 Å². The smallest absolute Gasteiger partial charge is 0.199 e. The third kappa shape index (κ3) is 4.67. The molecule has 0 saturated carbocycles. The van der Waals surface area contributed by atoms with E-state index < -0.39 is 61.3 Å². The fraction of sp³-hybridized carbons (Fsp3) is 0.400. The molecular weight excluding hydrogens is 568 g/mol. The number of aliphatic hydroxyl groups excluding tert-OH is 4. The molecule has 6 heterocycles. The van der Waals surface area contributed by atoms with Crippen LogP contribution >= 0.6 is 0 Å². The monoisotopic (exact) mass is 596 g/mol. The van der Waals surface area contributed by atoms with E-state index in [9.17, 15) is 30.6 Å². The van der Waals surface area contributed by atoms with Crippen LogP contribution in [0.3, 0.4) is 0 Å². The van der Waals surface area contributed by atoms with Gasteiger partial charge in [-0.25, -0.2) is 29.9 Å². The van der Waals surface area contributed by atoms with Crippen LogP contribution in [0.4, 0.5) is 11.6 Å². The van der Waals surface area contributed by atoms with Crippen molar-refractivity contribution < 1.29 is 40.1 Å². The molecule has 0 aliphatic carbocycles. The molecule has 0 spiro atoms. The summed E-state index contributed by atoms with van der Waals surface area (Å²) in [5.41, 5.74) is 11.3. The third-order valence-electron chi connectivity index (χ3n) is 7.21. The molecule has 0 amide bonds. The van der Waals surface area contributed by atoms with E-state index in [-0.39, 0.29) is 11.6 Å². The van der Waals surface area contributed by atoms with Crippen LogP contribution in [0.5, 0.6) is 0 Å². The Kier molecular flexibility index (Phi) is 7.85. The lowest BCUT2D eigenvalue weighted by Crippen LogP contribution is -2.45. The Balaban J connectivity index is 0.000000171. The molecule has 8 atom stereocenters. The molecule has 0 unspecified atom stereocenters. The highest BCUT2D eigenvalue weighted by atomic mass is 16.6. The van der Waals surface area contributed by atoms with E-state index in [1.165, 1.54) is 40.5 Å². The largest absolute Gasteiger partial charge is 0.394 e. The second kappa shape index (κ2) is 11.3. The van der Waals surface area contributed by atoms with E-state index in [2.05, 4.69) is 48.1 Å². The SMILES string of the molecule is C#C[C@@]1(O)[C@H](O)[C@@H](CO)O[C@H]1n1cnc2c(N)ncnc21.C=C=C[C@@]1(O)[C@H](O)[C@@H](CO)O[C@H]1n1cnc2c(N)ncnc21. The van der Waals surface area contributed by atoms with Crippen LogP contribution in [-0.2, 0) is 9.47 Å². The van der Waals surface area contributed by atoms with E-state index in [0.29, 0.717) is 22.3 Å². The van der Waals surface area contributed by atoms with E-state index in [4.69, 9.17) is 27.4 Å². The maximum absolute atomic E-state index is 10.8. The number of nitrogen functional groups attached to an aromatic ring is 2. The van der Waals surface area contributed by atoms with Crippen LogP contribution in [0, 0.1) is 12.3 Å². The van der Waals surface area contributed by atoms with Crippen molar-refractivity contribution in [2.75, 3.05) is 24.7 Å². The molecule has 226 valence electrons. The summed E-state index contributed by atoms with van der Waals surface area (Å²) in [7, 11) is 0. The Bertz CT molecular complexity index is 1730. The highest BCUT2D eigenvalue weighted by molar-refractivity contribution is 5.82. The fourth-order valence-corrected chi connectivity index (χ4v) is 4.98. The Morgan fingerprint density at radius 1 is 0.860 bits per heavy atom. The number of nitrogens with two attached hydrogens (primary N) is 2. The van der Waals surface area contributed by atoms with Crippen molar-refractivity contribution in [2.45, 2.75) is 48.1 Å². The Morgan fingerprint density at radius 2 is 1.35 bits per heavy atom. The number of nitrogens with zero attached hydrogens (tertiary/aromatic N) is 8. The summed E-state index contributed by atoms with van der Waals surface area (Å²) in [5, 5.41) is 60.0. The van der Waals surface area contributed by atoms with Gasteiger partial charge >= 0.3 is 0 Å². The summed E-state index contributed by atoms with van der Waals surface area (Å²) in [5.74, 6) is 2.47. The summed E-state index contributed by atoms with van der Waals surface area (Å²) in [6.45, 7) is 2.45. The van der Waals surface area contributed by atoms with Crippen LogP contribution in [0.1, 0.15) is 12.5 Å². The molecule has 6 rings (SSSR count). The number of terminal acetylenes is 1. The first-order chi connectivity index (χ1) is 20.5. The van der Waals surface area contributed by atoms with Crippen LogP contribution in [0.2, 0.25) is 0 Å². The van der Waals surface area contributed by atoms with Gasteiger partial charge in [-0.15, -0.1) is 12.2 Å². The molecule has 0 radical (unpaired) electrons. The number of rotatable bonds is 5. The molecule has 10 N–H and O–H groups in total. The second-order valence-corrected chi connectivity index (χ2v) is 9.68. The Morgan fingerprint density at radius 3 is 1.84 bits per heavy atom. The third-order valence-corrected chi connectivity index (χ3v) is 7.21. The molecule has 18 nitrogen and oxygen atoms in total. The lowest BCUT2D eigenvalue weighted by Gasteiger charge is -2.27. The van der Waals surface area contributed by atoms with Gasteiger partial charge in [-0.1, -0.05) is 12.5 Å². The average molecular weight is 597 g/mol. The maximum Gasteiger partial charge on any atom is 0.199 e. The lowest BCUT2D eigenvalue weighted by atomic mass is 9.94. The molecule has 0 aromatic carbocycles.